The summed E-state index contributed by atoms with van der Waals surface area (Å²) in [6.45, 7) is 8.43. The number of ether oxygens (including phenoxy) is 16. The summed E-state index contributed by atoms with van der Waals surface area (Å²) in [5.41, 5.74) is 4.15. The van der Waals surface area contributed by atoms with Crippen LogP contribution in [0.4, 0.5) is 0 Å². The molecule has 0 aliphatic rings. The van der Waals surface area contributed by atoms with Crippen molar-refractivity contribution in [1.82, 2.24) is 37.9 Å². The van der Waals surface area contributed by atoms with Crippen LogP contribution in [0.2, 0.25) is 0 Å². The summed E-state index contributed by atoms with van der Waals surface area (Å²) in [7, 11) is 6.50. The zero-order valence-electron chi connectivity index (χ0n) is 38.0. The molecule has 3 heterocycles. The first-order valence-corrected chi connectivity index (χ1v) is 22.7. The van der Waals surface area contributed by atoms with Crippen LogP contribution in [0.1, 0.15) is 12.1 Å². The molecule has 0 aliphatic carbocycles. The van der Waals surface area contributed by atoms with Gasteiger partial charge in [-0.2, -0.15) is 0 Å². The number of aromatic nitrogens is 8. The maximum atomic E-state index is 5.85. The second-order valence-electron chi connectivity index (χ2n) is 13.6. The van der Waals surface area contributed by atoms with E-state index in [4.69, 9.17) is 83.7 Å². The predicted octanol–water partition coefficient (Wildman–Crippen LogP) is 0.901. The van der Waals surface area contributed by atoms with Gasteiger partial charge in [-0.1, -0.05) is 0 Å². The summed E-state index contributed by atoms with van der Waals surface area (Å²) in [6, 6.07) is 3.16. The van der Waals surface area contributed by atoms with Crippen LogP contribution in [0, 0.1) is 0 Å². The number of fused-ring (bicyclic) bond motifs is 1. The van der Waals surface area contributed by atoms with Gasteiger partial charge in [0.1, 0.15) is 0 Å². The summed E-state index contributed by atoms with van der Waals surface area (Å²) < 4.78 is 100. The van der Waals surface area contributed by atoms with Crippen molar-refractivity contribution in [3.63, 3.8) is 0 Å². The van der Waals surface area contributed by atoms with E-state index in [2.05, 4.69) is 20.6 Å². The molecule has 0 saturated carbocycles. The standard InChI is InChI=1S/C40H66N8O16Se/c1-49-7-11-53-15-19-57-29-61-25-33(26-62-30-58-20-16-54-12-8-50-2)47-23-37(41-45-47)35-5-6-36(40-39(35)43-65-44-40)38-24-48(46-42-38)34(27-63-31-59-21-17-55-13-9-51-3)28-64-32-60-22-18-56-14-10-52-4/h5-6,23-24,33-34H,7-22,25-32H2,1-4H3. The van der Waals surface area contributed by atoms with Gasteiger partial charge in [-0.3, -0.25) is 0 Å². The van der Waals surface area contributed by atoms with Gasteiger partial charge < -0.3 is 37.9 Å². The number of hydrogen-bond donors (Lipinski definition) is 0. The molecule has 0 atom stereocenters. The molecule has 0 fully saturated rings. The van der Waals surface area contributed by atoms with E-state index >= 15 is 0 Å². The minimum absolute atomic E-state index is 0.0599. The predicted molar refractivity (Wildman–Crippen MR) is 230 cm³/mol. The number of rotatable bonds is 44. The molecule has 0 bridgehead atoms. The van der Waals surface area contributed by atoms with E-state index in [-0.39, 0.29) is 80.6 Å². The van der Waals surface area contributed by atoms with Crippen molar-refractivity contribution < 1.29 is 75.8 Å². The molecule has 4 aromatic rings. The topological polar surface area (TPSA) is 235 Å². The maximum absolute atomic E-state index is 5.85. The summed E-state index contributed by atoms with van der Waals surface area (Å²) in [5.74, 6) is 0. The Morgan fingerprint density at radius 3 is 1.00 bits per heavy atom. The molecule has 0 aliphatic heterocycles. The molecule has 4 rings (SSSR count). The minimum atomic E-state index is -0.374. The van der Waals surface area contributed by atoms with Crippen LogP contribution in [0.5, 0.6) is 0 Å². The van der Waals surface area contributed by atoms with E-state index in [9.17, 15) is 0 Å². The summed E-state index contributed by atoms with van der Waals surface area (Å²) in [6.07, 6.45) is 3.67. The number of methoxy groups -OCH3 is 4. The van der Waals surface area contributed by atoms with Crippen LogP contribution in [0.15, 0.2) is 24.5 Å². The molecule has 0 saturated heterocycles. The van der Waals surface area contributed by atoms with Crippen molar-refractivity contribution >= 4 is 26.0 Å². The Labute approximate surface area is 385 Å². The van der Waals surface area contributed by atoms with Crippen molar-refractivity contribution in [2.24, 2.45) is 0 Å². The van der Waals surface area contributed by atoms with Gasteiger partial charge in [0, 0.05) is 28.4 Å². The monoisotopic (exact) mass is 994 g/mol. The third-order valence-electron chi connectivity index (χ3n) is 8.86. The van der Waals surface area contributed by atoms with Gasteiger partial charge in [-0.05, 0) is 0 Å². The van der Waals surface area contributed by atoms with Crippen LogP contribution in [0.25, 0.3) is 33.5 Å². The molecule has 3 aromatic heterocycles. The number of hydrogen-bond acceptors (Lipinski definition) is 22. The molecule has 65 heavy (non-hydrogen) atoms. The fourth-order valence-corrected chi connectivity index (χ4v) is 6.70. The Kier molecular flexibility index (Phi) is 30.3. The zero-order chi connectivity index (χ0) is 45.8. The first-order chi connectivity index (χ1) is 32.2. The molecule has 0 radical (unpaired) electrons. The molecule has 0 unspecified atom stereocenters. The first-order valence-electron chi connectivity index (χ1n) is 21.2. The average Bonchev–Trinajstić information content (AvgIpc) is 4.13. The van der Waals surface area contributed by atoms with E-state index < -0.39 is 0 Å². The van der Waals surface area contributed by atoms with Gasteiger partial charge in [0.25, 0.3) is 0 Å². The van der Waals surface area contributed by atoms with Crippen LogP contribution in [-0.4, -0.2) is 241 Å². The molecule has 0 N–H and O–H groups in total. The average molecular weight is 994 g/mol. The van der Waals surface area contributed by atoms with Gasteiger partial charge in [0.05, 0.1) is 79.3 Å². The molecular weight excluding hydrogens is 927 g/mol. The third kappa shape index (κ3) is 22.1. The van der Waals surface area contributed by atoms with Gasteiger partial charge in [0.2, 0.25) is 0 Å². The molecule has 0 amide bonds. The molecule has 25 heteroatoms. The van der Waals surface area contributed by atoms with Crippen molar-refractivity contribution in [3.05, 3.63) is 24.5 Å². The van der Waals surface area contributed by atoms with Crippen molar-refractivity contribution in [2.75, 3.05) is 188 Å². The number of benzene rings is 1. The van der Waals surface area contributed by atoms with Crippen molar-refractivity contribution in [3.8, 4) is 22.5 Å². The van der Waals surface area contributed by atoms with Gasteiger partial charge >= 0.3 is 241 Å². The summed E-state index contributed by atoms with van der Waals surface area (Å²) in [5, 5.41) is 17.9. The summed E-state index contributed by atoms with van der Waals surface area (Å²) >= 11 is -0.374. The Morgan fingerprint density at radius 2 is 0.692 bits per heavy atom. The molecule has 24 nitrogen and oxygen atoms in total. The van der Waals surface area contributed by atoms with Crippen molar-refractivity contribution in [2.45, 2.75) is 12.1 Å². The first kappa shape index (κ1) is 54.6. The van der Waals surface area contributed by atoms with Crippen LogP contribution < -0.4 is 0 Å². The SMILES string of the molecule is COCCOCCOCOCC(COCOCCOCCOC)n1cc(-c2ccc(-c3cn(C(COCOCCOCCOC)COCOCCOCCOC)nn3)c3n[se]nc23)nn1. The molecule has 368 valence electrons. The fraction of sp³-hybridized carbons (Fsp3) is 0.750. The Balaban J connectivity index is 1.39. The Morgan fingerprint density at radius 1 is 0.400 bits per heavy atom. The van der Waals surface area contributed by atoms with E-state index in [0.717, 1.165) is 11.1 Å². The normalized spacial score (nSPS) is 12.0. The third-order valence-corrected chi connectivity index (χ3v) is 9.97. The Bertz CT molecular complexity index is 1580. The van der Waals surface area contributed by atoms with Gasteiger partial charge in [-0.15, -0.1) is 0 Å². The van der Waals surface area contributed by atoms with Crippen molar-refractivity contribution in [1.29, 1.82) is 0 Å². The summed E-state index contributed by atoms with van der Waals surface area (Å²) in [4.78, 5) is 0. The van der Waals surface area contributed by atoms with Gasteiger partial charge in [0.15, 0.2) is 0 Å². The van der Waals surface area contributed by atoms with E-state index in [1.165, 1.54) is 0 Å². The van der Waals surface area contributed by atoms with Crippen LogP contribution >= 0.6 is 0 Å². The van der Waals surface area contributed by atoms with Crippen LogP contribution in [0.3, 0.4) is 0 Å². The fourth-order valence-electron chi connectivity index (χ4n) is 5.50. The van der Waals surface area contributed by atoms with Crippen LogP contribution in [-0.2, 0) is 75.8 Å². The van der Waals surface area contributed by atoms with Gasteiger partial charge in [-0.25, -0.2) is 0 Å². The van der Waals surface area contributed by atoms with E-state index in [1.54, 1.807) is 37.8 Å². The second kappa shape index (κ2) is 36.1. The Hall–Kier alpha value is -3.02. The second-order valence-corrected chi connectivity index (χ2v) is 14.7. The molecular formula is C40H66N8O16Se. The van der Waals surface area contributed by atoms with E-state index in [0.29, 0.717) is 128 Å². The molecule has 1 aromatic carbocycles. The van der Waals surface area contributed by atoms with E-state index in [1.807, 2.05) is 24.5 Å². The number of nitrogens with zero attached hydrogens (tertiary/aromatic N) is 8. The zero-order valence-corrected chi connectivity index (χ0v) is 39.7. The quantitative estimate of drug-likeness (QED) is 0.0340. The molecule has 0 spiro atoms.